The Morgan fingerprint density at radius 1 is 1.04 bits per heavy atom. The van der Waals surface area contributed by atoms with Crippen molar-refractivity contribution in [1.29, 1.82) is 0 Å². The van der Waals surface area contributed by atoms with Crippen molar-refractivity contribution >= 4 is 51.7 Å². The number of hydrogen-bond donors (Lipinski definition) is 1. The van der Waals surface area contributed by atoms with Gasteiger partial charge in [-0.2, -0.15) is 0 Å². The Labute approximate surface area is 338 Å². The van der Waals surface area contributed by atoms with Gasteiger partial charge in [0, 0.05) is 79.2 Å². The lowest BCUT2D eigenvalue weighted by atomic mass is 9.85. The maximum Gasteiger partial charge on any atom is 0.255 e. The molecule has 2 saturated carbocycles. The van der Waals surface area contributed by atoms with E-state index >= 15 is 0 Å². The van der Waals surface area contributed by atoms with Gasteiger partial charge in [0.05, 0.1) is 11.8 Å². The number of fused-ring (bicyclic) bond motifs is 2. The van der Waals surface area contributed by atoms with Crippen LogP contribution < -0.4 is 15.1 Å². The quantitative estimate of drug-likeness (QED) is 0.123. The lowest BCUT2D eigenvalue weighted by Gasteiger charge is -2.29. The molecule has 5 aliphatic rings. The number of rotatable bonds is 12. The Hall–Kier alpha value is -4.86. The third kappa shape index (κ3) is 8.56. The number of nitrogens with zero attached hydrogens (tertiary/aromatic N) is 4. The van der Waals surface area contributed by atoms with E-state index in [-0.39, 0.29) is 42.1 Å². The molecule has 8 rings (SSSR count). The zero-order valence-corrected chi connectivity index (χ0v) is 33.8. The first-order chi connectivity index (χ1) is 27.6. The van der Waals surface area contributed by atoms with Crippen LogP contribution in [0, 0.1) is 30.6 Å². The average molecular weight is 790 g/mol. The number of amides is 5. The highest BCUT2D eigenvalue weighted by atomic mass is 32.1. The van der Waals surface area contributed by atoms with Gasteiger partial charge in [-0.3, -0.25) is 34.2 Å². The van der Waals surface area contributed by atoms with Crippen LogP contribution in [0.4, 0.5) is 10.8 Å². The maximum atomic E-state index is 13.5. The number of anilines is 2. The van der Waals surface area contributed by atoms with E-state index in [1.54, 1.807) is 27.2 Å². The smallest absolute Gasteiger partial charge is 0.255 e. The van der Waals surface area contributed by atoms with Gasteiger partial charge in [0.2, 0.25) is 23.6 Å². The molecule has 5 amide bonds. The normalized spacial score (nSPS) is 21.5. The summed E-state index contributed by atoms with van der Waals surface area (Å²) in [6.07, 6.45) is 11.8. The average Bonchev–Trinajstić information content (AvgIpc) is 3.73. The molecule has 0 spiro atoms. The molecule has 0 radical (unpaired) electrons. The molecule has 12 heteroatoms. The van der Waals surface area contributed by atoms with Crippen LogP contribution in [-0.2, 0) is 36.9 Å². The molecule has 4 heterocycles. The van der Waals surface area contributed by atoms with Crippen molar-refractivity contribution in [3.8, 4) is 23.1 Å². The number of benzene rings is 2. The largest absolute Gasteiger partial charge is 0.378 e. The number of thiazole rings is 1. The SMILES string of the molecule is Cc1sc(N(C)C(=O)C[C@@H]2CCC[C@H](OCCCCCC#Cc3cccc4c3CN(C3CCC(=O)NC3=O)C4=O)C2)nc1-c1ccc2c(c1)CCN2C(=O)C1CC1. The lowest BCUT2D eigenvalue weighted by molar-refractivity contribution is -0.137. The first kappa shape index (κ1) is 39.0. The van der Waals surface area contributed by atoms with E-state index < -0.39 is 11.9 Å². The van der Waals surface area contributed by atoms with Gasteiger partial charge in [-0.25, -0.2) is 4.98 Å². The Kier molecular flexibility index (Phi) is 11.6. The minimum atomic E-state index is -0.636. The Bertz CT molecular complexity index is 2150. The van der Waals surface area contributed by atoms with E-state index in [0.29, 0.717) is 42.6 Å². The van der Waals surface area contributed by atoms with Gasteiger partial charge in [-0.1, -0.05) is 36.8 Å². The lowest BCUT2D eigenvalue weighted by Crippen LogP contribution is -2.52. The van der Waals surface area contributed by atoms with Crippen LogP contribution in [-0.4, -0.2) is 71.8 Å². The molecule has 2 aromatic carbocycles. The van der Waals surface area contributed by atoms with Gasteiger partial charge in [0.15, 0.2) is 5.13 Å². The van der Waals surface area contributed by atoms with Crippen molar-refractivity contribution in [2.45, 2.75) is 116 Å². The summed E-state index contributed by atoms with van der Waals surface area (Å²) in [7, 11) is 1.83. The minimum absolute atomic E-state index is 0.0870. The molecule has 1 unspecified atom stereocenters. The van der Waals surface area contributed by atoms with Gasteiger partial charge in [-0.15, -0.1) is 11.3 Å². The third-order valence-corrected chi connectivity index (χ3v) is 13.2. The predicted octanol–water partition coefficient (Wildman–Crippen LogP) is 6.72. The van der Waals surface area contributed by atoms with E-state index in [1.807, 2.05) is 24.1 Å². The first-order valence-corrected chi connectivity index (χ1v) is 21.5. The van der Waals surface area contributed by atoms with Gasteiger partial charge in [0.1, 0.15) is 6.04 Å². The number of carbonyl (C=O) groups is 5. The number of hydrogen-bond acceptors (Lipinski definition) is 8. The number of aromatic nitrogens is 1. The Balaban J connectivity index is 0.756. The molecule has 3 atom stereocenters. The molecule has 11 nitrogen and oxygen atoms in total. The molecule has 1 N–H and O–H groups in total. The highest BCUT2D eigenvalue weighted by molar-refractivity contribution is 7.16. The summed E-state index contributed by atoms with van der Waals surface area (Å²) >= 11 is 1.55. The molecule has 3 aliphatic heterocycles. The Morgan fingerprint density at radius 2 is 1.89 bits per heavy atom. The summed E-state index contributed by atoms with van der Waals surface area (Å²) in [5.41, 5.74) is 6.40. The Morgan fingerprint density at radius 3 is 2.72 bits per heavy atom. The van der Waals surface area contributed by atoms with Gasteiger partial charge < -0.3 is 14.5 Å². The van der Waals surface area contributed by atoms with Gasteiger partial charge in [0.25, 0.3) is 5.91 Å². The fraction of sp³-hybridized carbons (Fsp3) is 0.511. The molecule has 3 fully saturated rings. The summed E-state index contributed by atoms with van der Waals surface area (Å²) in [4.78, 5) is 74.6. The number of ether oxygens (including phenoxy) is 1. The molecular weight excluding hydrogens is 739 g/mol. The summed E-state index contributed by atoms with van der Waals surface area (Å²) in [6, 6.07) is 11.2. The second-order valence-corrected chi connectivity index (χ2v) is 17.5. The predicted molar refractivity (Wildman–Crippen MR) is 219 cm³/mol. The van der Waals surface area contributed by atoms with Crippen molar-refractivity contribution in [2.24, 2.45) is 11.8 Å². The van der Waals surface area contributed by atoms with Crippen LogP contribution in [0.3, 0.4) is 0 Å². The third-order valence-electron chi connectivity index (χ3n) is 12.2. The summed E-state index contributed by atoms with van der Waals surface area (Å²) in [6.45, 7) is 3.82. The first-order valence-electron chi connectivity index (χ1n) is 20.7. The number of piperidine rings is 1. The molecular formula is C45H51N5O6S. The number of unbranched alkanes of at least 4 members (excludes halogenated alkanes) is 3. The monoisotopic (exact) mass is 789 g/mol. The molecule has 0 bridgehead atoms. The second kappa shape index (κ2) is 16.9. The molecule has 298 valence electrons. The van der Waals surface area contributed by atoms with Crippen LogP contribution >= 0.6 is 11.3 Å². The standard InChI is InChI=1S/C45H51N5O6S/c1-28-41(33-17-18-37-32(26-33)21-22-49(37)43(54)31-15-16-31)47-45(57-28)48(2)40(52)25-29-10-8-13-34(24-29)56-23-7-5-3-4-6-11-30-12-9-14-35-36(30)27-50(44(35)55)38-19-20-39(51)46-42(38)53/h9,12,14,17-18,26,29,31,34,38H,3-5,7-8,10,13,15-16,19-25,27H2,1-2H3,(H,46,51,53)/t29-,34+,38?/m1/s1. The van der Waals surface area contributed by atoms with Crippen LogP contribution in [0.1, 0.15) is 115 Å². The topological polar surface area (TPSA) is 129 Å². The van der Waals surface area contributed by atoms with Crippen LogP contribution in [0.25, 0.3) is 11.3 Å². The van der Waals surface area contributed by atoms with Crippen molar-refractivity contribution in [3.63, 3.8) is 0 Å². The fourth-order valence-corrected chi connectivity index (χ4v) is 9.70. The fourth-order valence-electron chi connectivity index (χ4n) is 8.79. The molecule has 1 saturated heterocycles. The van der Waals surface area contributed by atoms with Gasteiger partial charge >= 0.3 is 0 Å². The molecule has 3 aromatic rings. The van der Waals surface area contributed by atoms with Crippen molar-refractivity contribution < 1.29 is 28.7 Å². The summed E-state index contributed by atoms with van der Waals surface area (Å²) < 4.78 is 6.31. The van der Waals surface area contributed by atoms with Crippen molar-refractivity contribution in [1.82, 2.24) is 15.2 Å². The minimum Gasteiger partial charge on any atom is -0.378 e. The van der Waals surface area contributed by atoms with E-state index in [1.165, 1.54) is 5.56 Å². The van der Waals surface area contributed by atoms with E-state index in [2.05, 4.69) is 42.3 Å². The molecule has 57 heavy (non-hydrogen) atoms. The van der Waals surface area contributed by atoms with E-state index in [4.69, 9.17) is 9.72 Å². The highest BCUT2D eigenvalue weighted by Crippen LogP contribution is 2.40. The zero-order chi connectivity index (χ0) is 39.6. The molecule has 2 aliphatic carbocycles. The van der Waals surface area contributed by atoms with Crippen LogP contribution in [0.2, 0.25) is 0 Å². The number of carbonyl (C=O) groups excluding carboxylic acids is 5. The highest BCUT2D eigenvalue weighted by Gasteiger charge is 2.40. The number of imide groups is 1. The van der Waals surface area contributed by atoms with Gasteiger partial charge in [-0.05, 0) is 106 Å². The zero-order valence-electron chi connectivity index (χ0n) is 32.9. The molecule has 1 aromatic heterocycles. The summed E-state index contributed by atoms with van der Waals surface area (Å²) in [5.74, 6) is 6.49. The van der Waals surface area contributed by atoms with Crippen molar-refractivity contribution in [3.05, 3.63) is 63.5 Å². The second-order valence-electron chi connectivity index (χ2n) is 16.3. The van der Waals surface area contributed by atoms with Crippen molar-refractivity contribution in [2.75, 3.05) is 30.0 Å². The van der Waals surface area contributed by atoms with E-state index in [9.17, 15) is 24.0 Å². The summed E-state index contributed by atoms with van der Waals surface area (Å²) in [5, 5.41) is 3.07. The van der Waals surface area contributed by atoms with Crippen LogP contribution in [0.5, 0.6) is 0 Å². The number of nitrogens with one attached hydrogen (secondary N) is 1. The number of aryl methyl sites for hydroxylation is 1. The van der Waals surface area contributed by atoms with E-state index in [0.717, 1.165) is 110 Å². The maximum absolute atomic E-state index is 13.5. The van der Waals surface area contributed by atoms with Crippen LogP contribution in [0.15, 0.2) is 36.4 Å².